The number of sulfonamides is 1. The Balaban J connectivity index is 1.36. The van der Waals surface area contributed by atoms with Crippen LogP contribution in [0.15, 0.2) is 53.4 Å². The molecule has 0 bridgehead atoms. The summed E-state index contributed by atoms with van der Waals surface area (Å²) in [6, 6.07) is 11.8. The van der Waals surface area contributed by atoms with E-state index in [0.29, 0.717) is 31.0 Å². The van der Waals surface area contributed by atoms with Crippen LogP contribution in [-0.2, 0) is 26.2 Å². The van der Waals surface area contributed by atoms with Gasteiger partial charge in [-0.3, -0.25) is 9.59 Å². The number of hydrogen-bond acceptors (Lipinski definition) is 4. The lowest BCUT2D eigenvalue weighted by Crippen LogP contribution is -2.58. The van der Waals surface area contributed by atoms with Gasteiger partial charge in [0.1, 0.15) is 5.82 Å². The van der Waals surface area contributed by atoms with Crippen LogP contribution in [0.2, 0.25) is 5.02 Å². The summed E-state index contributed by atoms with van der Waals surface area (Å²) in [7, 11) is -3.67. The van der Waals surface area contributed by atoms with Gasteiger partial charge in [0, 0.05) is 43.8 Å². The Morgan fingerprint density at radius 1 is 0.938 bits per heavy atom. The van der Waals surface area contributed by atoms with Crippen LogP contribution >= 0.6 is 11.6 Å². The molecule has 0 aliphatic carbocycles. The van der Waals surface area contributed by atoms with Gasteiger partial charge in [-0.1, -0.05) is 29.8 Å². The number of carbonyl (C=O) groups is 2. The molecule has 2 amide bonds. The third-order valence-electron chi connectivity index (χ3n) is 5.93. The molecule has 2 heterocycles. The van der Waals surface area contributed by atoms with Crippen molar-refractivity contribution in [1.82, 2.24) is 14.1 Å². The van der Waals surface area contributed by atoms with E-state index in [0.717, 1.165) is 5.56 Å². The molecule has 2 aliphatic heterocycles. The molecule has 10 heteroatoms. The summed E-state index contributed by atoms with van der Waals surface area (Å²) in [6.45, 7) is 1.53. The topological polar surface area (TPSA) is 78.0 Å². The van der Waals surface area contributed by atoms with Gasteiger partial charge in [-0.2, -0.15) is 4.31 Å². The predicted octanol–water partition coefficient (Wildman–Crippen LogP) is 2.50. The first kappa shape index (κ1) is 22.7. The van der Waals surface area contributed by atoms with Crippen LogP contribution in [0.1, 0.15) is 18.4 Å². The van der Waals surface area contributed by atoms with Gasteiger partial charge in [0.25, 0.3) is 0 Å². The van der Waals surface area contributed by atoms with Crippen LogP contribution in [-0.4, -0.2) is 66.6 Å². The molecular weight excluding hydrogens is 457 g/mol. The van der Waals surface area contributed by atoms with Gasteiger partial charge in [0.05, 0.1) is 4.90 Å². The Bertz CT molecular complexity index is 1120. The highest BCUT2D eigenvalue weighted by Crippen LogP contribution is 2.26. The third-order valence-corrected chi connectivity index (χ3v) is 8.06. The van der Waals surface area contributed by atoms with E-state index in [-0.39, 0.29) is 36.4 Å². The molecule has 2 aromatic carbocycles. The lowest BCUT2D eigenvalue weighted by molar-refractivity contribution is -0.158. The molecule has 2 aliphatic rings. The Morgan fingerprint density at radius 2 is 1.62 bits per heavy atom. The molecule has 4 rings (SSSR count). The quantitative estimate of drug-likeness (QED) is 0.617. The first-order valence-electron chi connectivity index (χ1n) is 10.4. The Hall–Kier alpha value is -2.49. The molecule has 170 valence electrons. The first-order chi connectivity index (χ1) is 15.3. The number of halogens is 2. The van der Waals surface area contributed by atoms with E-state index < -0.39 is 21.8 Å². The number of rotatable bonds is 5. The second kappa shape index (κ2) is 9.17. The van der Waals surface area contributed by atoms with Crippen molar-refractivity contribution in [3.05, 3.63) is 64.9 Å². The molecule has 0 aromatic heterocycles. The number of benzene rings is 2. The number of piperidine rings is 1. The second-order valence-corrected chi connectivity index (χ2v) is 10.3. The summed E-state index contributed by atoms with van der Waals surface area (Å²) < 4.78 is 40.2. The van der Waals surface area contributed by atoms with Crippen LogP contribution < -0.4 is 0 Å². The molecule has 0 unspecified atom stereocenters. The van der Waals surface area contributed by atoms with Crippen LogP contribution in [0.25, 0.3) is 0 Å². The van der Waals surface area contributed by atoms with E-state index in [1.165, 1.54) is 33.5 Å². The minimum atomic E-state index is -3.67. The van der Waals surface area contributed by atoms with E-state index in [1.54, 1.807) is 29.2 Å². The summed E-state index contributed by atoms with van der Waals surface area (Å²) in [4.78, 5) is 28.5. The lowest BCUT2D eigenvalue weighted by atomic mass is 10.0. The van der Waals surface area contributed by atoms with Crippen molar-refractivity contribution in [2.24, 2.45) is 0 Å². The molecule has 0 N–H and O–H groups in total. The standard InChI is InChI=1S/C22H23ClFN3O4S/c23-17-2-1-3-20(14-17)32(30,31)26-10-8-19(9-11-26)27-13-12-25(21(28)22(27)29)15-16-4-6-18(24)7-5-16/h1-7,14,19H,8-13,15H2. The molecule has 2 aromatic rings. The number of amides is 2. The predicted molar refractivity (Wildman–Crippen MR) is 117 cm³/mol. The SMILES string of the molecule is O=C1C(=O)N(C2CCN(S(=O)(=O)c3cccc(Cl)c3)CC2)CCN1Cc1ccc(F)cc1. The van der Waals surface area contributed by atoms with Crippen molar-refractivity contribution in [2.45, 2.75) is 30.3 Å². The number of hydrogen-bond donors (Lipinski definition) is 0. The highest BCUT2D eigenvalue weighted by molar-refractivity contribution is 7.89. The van der Waals surface area contributed by atoms with Crippen LogP contribution in [0.3, 0.4) is 0 Å². The number of piperazine rings is 1. The minimum Gasteiger partial charge on any atom is -0.330 e. The molecule has 0 spiro atoms. The highest BCUT2D eigenvalue weighted by Gasteiger charge is 2.39. The zero-order valence-electron chi connectivity index (χ0n) is 17.3. The molecular formula is C22H23ClFN3O4S. The molecule has 7 nitrogen and oxygen atoms in total. The highest BCUT2D eigenvalue weighted by atomic mass is 35.5. The van der Waals surface area contributed by atoms with E-state index >= 15 is 0 Å². The van der Waals surface area contributed by atoms with Gasteiger partial charge < -0.3 is 9.80 Å². The van der Waals surface area contributed by atoms with Crippen molar-refractivity contribution >= 4 is 33.4 Å². The number of nitrogens with zero attached hydrogens (tertiary/aromatic N) is 3. The molecule has 0 saturated carbocycles. The van der Waals surface area contributed by atoms with Crippen molar-refractivity contribution in [1.29, 1.82) is 0 Å². The van der Waals surface area contributed by atoms with E-state index in [1.807, 2.05) is 0 Å². The van der Waals surface area contributed by atoms with Crippen LogP contribution in [0, 0.1) is 5.82 Å². The Morgan fingerprint density at radius 3 is 2.28 bits per heavy atom. The van der Waals surface area contributed by atoms with Crippen molar-refractivity contribution < 1.29 is 22.4 Å². The van der Waals surface area contributed by atoms with Crippen molar-refractivity contribution in [3.63, 3.8) is 0 Å². The average molecular weight is 480 g/mol. The summed E-state index contributed by atoms with van der Waals surface area (Å²) in [6.07, 6.45) is 0.910. The zero-order valence-corrected chi connectivity index (χ0v) is 18.9. The summed E-state index contributed by atoms with van der Waals surface area (Å²) in [5.41, 5.74) is 0.750. The van der Waals surface area contributed by atoms with Gasteiger partial charge >= 0.3 is 11.8 Å². The summed E-state index contributed by atoms with van der Waals surface area (Å²) in [5.74, 6) is -1.52. The maximum atomic E-state index is 13.1. The summed E-state index contributed by atoms with van der Waals surface area (Å²) in [5, 5.41) is 0.351. The van der Waals surface area contributed by atoms with Gasteiger partial charge in [-0.25, -0.2) is 12.8 Å². The normalized spacial score (nSPS) is 18.9. The van der Waals surface area contributed by atoms with Gasteiger partial charge in [0.2, 0.25) is 10.0 Å². The molecule has 2 fully saturated rings. The van der Waals surface area contributed by atoms with Gasteiger partial charge in [-0.05, 0) is 48.7 Å². The van der Waals surface area contributed by atoms with Crippen LogP contribution in [0.5, 0.6) is 0 Å². The van der Waals surface area contributed by atoms with E-state index in [9.17, 15) is 22.4 Å². The summed E-state index contributed by atoms with van der Waals surface area (Å²) >= 11 is 5.93. The van der Waals surface area contributed by atoms with Gasteiger partial charge in [-0.15, -0.1) is 0 Å². The maximum absolute atomic E-state index is 13.1. The van der Waals surface area contributed by atoms with E-state index in [2.05, 4.69) is 0 Å². The van der Waals surface area contributed by atoms with Crippen LogP contribution in [0.4, 0.5) is 4.39 Å². The monoisotopic (exact) mass is 479 g/mol. The smallest absolute Gasteiger partial charge is 0.312 e. The average Bonchev–Trinajstić information content (AvgIpc) is 2.79. The fourth-order valence-electron chi connectivity index (χ4n) is 4.17. The van der Waals surface area contributed by atoms with Crippen molar-refractivity contribution in [3.8, 4) is 0 Å². The lowest BCUT2D eigenvalue weighted by Gasteiger charge is -2.41. The largest absolute Gasteiger partial charge is 0.330 e. The van der Waals surface area contributed by atoms with E-state index in [4.69, 9.17) is 11.6 Å². The number of carbonyl (C=O) groups excluding carboxylic acids is 2. The molecule has 0 atom stereocenters. The maximum Gasteiger partial charge on any atom is 0.312 e. The minimum absolute atomic E-state index is 0.143. The second-order valence-electron chi connectivity index (χ2n) is 7.94. The van der Waals surface area contributed by atoms with Crippen molar-refractivity contribution in [2.75, 3.05) is 26.2 Å². The fraction of sp³-hybridized carbons (Fsp3) is 0.364. The Labute approximate surface area is 191 Å². The molecule has 32 heavy (non-hydrogen) atoms. The first-order valence-corrected chi connectivity index (χ1v) is 12.2. The van der Waals surface area contributed by atoms with Gasteiger partial charge in [0.15, 0.2) is 0 Å². The third kappa shape index (κ3) is 4.65. The fourth-order valence-corrected chi connectivity index (χ4v) is 5.94. The zero-order chi connectivity index (χ0) is 22.9. The molecule has 0 radical (unpaired) electrons. The molecule has 2 saturated heterocycles. The Kier molecular flexibility index (Phi) is 6.50.